The van der Waals surface area contributed by atoms with Gasteiger partial charge in [-0.25, -0.2) is 4.98 Å². The Kier molecular flexibility index (Phi) is 4.27. The Bertz CT molecular complexity index is 930. The van der Waals surface area contributed by atoms with Crippen molar-refractivity contribution in [2.75, 3.05) is 26.3 Å². The molecule has 1 spiro atoms. The number of hydrogen-bond donors (Lipinski definition) is 1. The number of likely N-dealkylation sites (tertiary alicyclic amines) is 1. The lowest BCUT2D eigenvalue weighted by atomic mass is 9.84. The minimum Gasteiger partial charge on any atom is -0.456 e. The van der Waals surface area contributed by atoms with Crippen molar-refractivity contribution in [2.24, 2.45) is 5.92 Å². The normalized spacial score (nSPS) is 23.1. The monoisotopic (exact) mass is 398 g/mol. The fourth-order valence-corrected chi connectivity index (χ4v) is 4.88. The first-order chi connectivity index (χ1) is 14.0. The fourth-order valence-electron chi connectivity index (χ4n) is 4.88. The lowest BCUT2D eigenvalue weighted by Crippen LogP contribution is -2.64. The minimum atomic E-state index is -0.229. The maximum absolute atomic E-state index is 12.8. The molecule has 154 valence electrons. The van der Waals surface area contributed by atoms with Crippen LogP contribution in [-0.2, 0) is 15.1 Å². The smallest absolute Gasteiger partial charge is 0.287 e. The first-order valence-electron chi connectivity index (χ1n) is 10.2. The molecule has 2 fully saturated rings. The van der Waals surface area contributed by atoms with Crippen molar-refractivity contribution in [1.29, 1.82) is 0 Å². The molecule has 1 N–H and O–H groups in total. The van der Waals surface area contributed by atoms with Gasteiger partial charge in [-0.15, -0.1) is 0 Å². The average molecular weight is 398 g/mol. The molecule has 1 unspecified atom stereocenters. The Hall–Kier alpha value is -2.61. The molecule has 2 saturated heterocycles. The molecule has 2 aromatic rings. The van der Waals surface area contributed by atoms with Crippen LogP contribution in [0.1, 0.15) is 53.0 Å². The summed E-state index contributed by atoms with van der Waals surface area (Å²) < 4.78 is 13.1. The van der Waals surface area contributed by atoms with Gasteiger partial charge in [0.15, 0.2) is 5.76 Å². The summed E-state index contributed by atoms with van der Waals surface area (Å²) in [6, 6.07) is 1.57. The van der Waals surface area contributed by atoms with Crippen LogP contribution in [0.4, 0.5) is 0 Å². The number of nitrogens with zero attached hydrogens (tertiary/aromatic N) is 3. The van der Waals surface area contributed by atoms with Gasteiger partial charge in [0.25, 0.3) is 5.91 Å². The number of rotatable bonds is 3. The van der Waals surface area contributed by atoms with E-state index in [-0.39, 0.29) is 29.3 Å². The summed E-state index contributed by atoms with van der Waals surface area (Å²) in [5.41, 5.74) is 0.778. The van der Waals surface area contributed by atoms with Crippen LogP contribution < -0.4 is 5.32 Å². The molecule has 5 rings (SSSR count). The Morgan fingerprint density at radius 3 is 2.69 bits per heavy atom. The quantitative estimate of drug-likeness (QED) is 0.853. The zero-order chi connectivity index (χ0) is 20.2. The Balaban J connectivity index is 1.28. The van der Waals surface area contributed by atoms with E-state index in [2.05, 4.69) is 14.9 Å². The van der Waals surface area contributed by atoms with Crippen LogP contribution in [0.2, 0.25) is 0 Å². The number of ether oxygens (including phenoxy) is 1. The number of amides is 2. The molecule has 1 atom stereocenters. The first-order valence-corrected chi connectivity index (χ1v) is 10.2. The van der Waals surface area contributed by atoms with Crippen LogP contribution in [0.5, 0.6) is 0 Å². The number of aryl methyl sites for hydroxylation is 2. The maximum atomic E-state index is 12.8. The number of fused-ring (bicyclic) bond motifs is 2. The number of furan rings is 1. The molecule has 0 bridgehead atoms. The zero-order valence-electron chi connectivity index (χ0n) is 16.8. The molecule has 0 saturated carbocycles. The molecular weight excluding hydrogens is 372 g/mol. The highest BCUT2D eigenvalue weighted by molar-refractivity contribution is 5.92. The van der Waals surface area contributed by atoms with Gasteiger partial charge in [0.1, 0.15) is 11.6 Å². The summed E-state index contributed by atoms with van der Waals surface area (Å²) in [5, 5.41) is 3.07. The van der Waals surface area contributed by atoms with Crippen LogP contribution in [0, 0.1) is 19.8 Å². The van der Waals surface area contributed by atoms with Crippen molar-refractivity contribution in [3.05, 3.63) is 41.4 Å². The van der Waals surface area contributed by atoms with Gasteiger partial charge in [-0.2, -0.15) is 0 Å². The van der Waals surface area contributed by atoms with Gasteiger partial charge in [0.05, 0.1) is 11.6 Å². The van der Waals surface area contributed by atoms with Crippen LogP contribution in [0.25, 0.3) is 0 Å². The lowest BCUT2D eigenvalue weighted by molar-refractivity contribution is -0.149. The SMILES string of the molecule is Cc1cc(C(=O)NC2CC3(CN(C(=O)C4CCOCC4)C3)n3ccnc32)oc1C. The van der Waals surface area contributed by atoms with Crippen LogP contribution in [-0.4, -0.2) is 52.6 Å². The van der Waals surface area contributed by atoms with E-state index in [4.69, 9.17) is 9.15 Å². The summed E-state index contributed by atoms with van der Waals surface area (Å²) >= 11 is 0. The molecule has 8 heteroatoms. The second-order valence-electron chi connectivity index (χ2n) is 8.54. The number of imidazole rings is 1. The van der Waals surface area contributed by atoms with Crippen molar-refractivity contribution < 1.29 is 18.7 Å². The largest absolute Gasteiger partial charge is 0.456 e. The highest BCUT2D eigenvalue weighted by Crippen LogP contribution is 2.45. The molecule has 3 aliphatic rings. The topological polar surface area (TPSA) is 89.6 Å². The summed E-state index contributed by atoms with van der Waals surface area (Å²) in [6.45, 7) is 6.44. The first kappa shape index (κ1) is 18.4. The Morgan fingerprint density at radius 1 is 1.24 bits per heavy atom. The van der Waals surface area contributed by atoms with E-state index in [1.807, 2.05) is 24.9 Å². The van der Waals surface area contributed by atoms with Gasteiger partial charge < -0.3 is 23.9 Å². The van der Waals surface area contributed by atoms with E-state index in [1.54, 1.807) is 12.3 Å². The predicted molar refractivity (Wildman–Crippen MR) is 103 cm³/mol. The molecular formula is C21H26N4O4. The zero-order valence-corrected chi connectivity index (χ0v) is 16.8. The van der Waals surface area contributed by atoms with Crippen LogP contribution in [0.15, 0.2) is 22.9 Å². The second kappa shape index (κ2) is 6.73. The molecule has 3 aliphatic heterocycles. The molecule has 2 aromatic heterocycles. The fraction of sp³-hybridized carbons (Fsp3) is 0.571. The second-order valence-corrected chi connectivity index (χ2v) is 8.54. The van der Waals surface area contributed by atoms with E-state index in [9.17, 15) is 9.59 Å². The van der Waals surface area contributed by atoms with E-state index in [1.165, 1.54) is 0 Å². The van der Waals surface area contributed by atoms with Gasteiger partial charge in [-0.05, 0) is 38.3 Å². The third kappa shape index (κ3) is 2.97. The van der Waals surface area contributed by atoms with Crippen molar-refractivity contribution in [1.82, 2.24) is 19.8 Å². The standard InChI is InChI=1S/C21H26N4O4/c1-13-9-17(29-14(13)2)19(26)23-16-10-21(25-6-5-22-18(16)25)11-24(12-21)20(27)15-3-7-28-8-4-15/h5-6,9,15-16H,3-4,7-8,10-12H2,1-2H3,(H,23,26). The summed E-state index contributed by atoms with van der Waals surface area (Å²) in [5.74, 6) is 1.99. The molecule has 0 radical (unpaired) electrons. The van der Waals surface area contributed by atoms with Gasteiger partial charge in [0.2, 0.25) is 5.91 Å². The van der Waals surface area contributed by atoms with Gasteiger partial charge in [-0.1, -0.05) is 0 Å². The number of hydrogen-bond acceptors (Lipinski definition) is 5. The van der Waals surface area contributed by atoms with Crippen LogP contribution >= 0.6 is 0 Å². The number of nitrogens with one attached hydrogen (secondary N) is 1. The lowest BCUT2D eigenvalue weighted by Gasteiger charge is -2.50. The van der Waals surface area contributed by atoms with E-state index in [0.29, 0.717) is 32.1 Å². The number of carbonyl (C=O) groups is 2. The minimum absolute atomic E-state index is 0.0747. The van der Waals surface area contributed by atoms with E-state index < -0.39 is 0 Å². The molecule has 5 heterocycles. The van der Waals surface area contributed by atoms with Crippen molar-refractivity contribution in [2.45, 2.75) is 44.7 Å². The molecule has 29 heavy (non-hydrogen) atoms. The average Bonchev–Trinajstić information content (AvgIpc) is 3.37. The molecule has 0 aromatic carbocycles. The molecule has 2 amide bonds. The van der Waals surface area contributed by atoms with E-state index >= 15 is 0 Å². The van der Waals surface area contributed by atoms with Gasteiger partial charge in [-0.3, -0.25) is 9.59 Å². The predicted octanol–water partition coefficient (Wildman–Crippen LogP) is 1.93. The maximum Gasteiger partial charge on any atom is 0.287 e. The Labute approximate surface area is 169 Å². The summed E-state index contributed by atoms with van der Waals surface area (Å²) in [6.07, 6.45) is 6.06. The molecule has 8 nitrogen and oxygen atoms in total. The van der Waals surface area contributed by atoms with Gasteiger partial charge >= 0.3 is 0 Å². The molecule has 0 aliphatic carbocycles. The third-order valence-corrected chi connectivity index (χ3v) is 6.62. The van der Waals surface area contributed by atoms with Crippen molar-refractivity contribution >= 4 is 11.8 Å². The number of carbonyl (C=O) groups excluding carboxylic acids is 2. The van der Waals surface area contributed by atoms with Crippen molar-refractivity contribution in [3.8, 4) is 0 Å². The van der Waals surface area contributed by atoms with Crippen LogP contribution in [0.3, 0.4) is 0 Å². The summed E-state index contributed by atoms with van der Waals surface area (Å²) in [7, 11) is 0. The van der Waals surface area contributed by atoms with Crippen molar-refractivity contribution in [3.63, 3.8) is 0 Å². The summed E-state index contributed by atoms with van der Waals surface area (Å²) in [4.78, 5) is 31.9. The highest BCUT2D eigenvalue weighted by atomic mass is 16.5. The van der Waals surface area contributed by atoms with E-state index in [0.717, 1.165) is 36.4 Å². The number of aromatic nitrogens is 2. The van der Waals surface area contributed by atoms with Gasteiger partial charge in [0, 0.05) is 51.0 Å². The highest BCUT2D eigenvalue weighted by Gasteiger charge is 2.54. The Morgan fingerprint density at radius 2 is 2.00 bits per heavy atom. The third-order valence-electron chi connectivity index (χ3n) is 6.62.